The lowest BCUT2D eigenvalue weighted by Crippen LogP contribution is -2.14. The molecule has 2 aromatic rings. The summed E-state index contributed by atoms with van der Waals surface area (Å²) >= 11 is 0. The van der Waals surface area contributed by atoms with E-state index in [1.807, 2.05) is 13.8 Å². The van der Waals surface area contributed by atoms with Crippen LogP contribution < -0.4 is 0 Å². The van der Waals surface area contributed by atoms with E-state index in [4.69, 9.17) is 9.15 Å². The molecule has 0 unspecified atom stereocenters. The minimum absolute atomic E-state index is 0.0978. The highest BCUT2D eigenvalue weighted by Gasteiger charge is 2.53. The number of hydrogen-bond donors (Lipinski definition) is 1. The van der Waals surface area contributed by atoms with Crippen molar-refractivity contribution in [3.05, 3.63) is 30.0 Å². The van der Waals surface area contributed by atoms with Crippen LogP contribution in [0.3, 0.4) is 0 Å². The first kappa shape index (κ1) is 10.4. The Labute approximate surface area is 97.8 Å². The third kappa shape index (κ3) is 1.52. The molecule has 1 atom stereocenters. The Bertz CT molecular complexity index is 609. The van der Waals surface area contributed by atoms with Crippen LogP contribution in [-0.4, -0.2) is 22.6 Å². The molecule has 1 aromatic carbocycles. The van der Waals surface area contributed by atoms with E-state index in [0.29, 0.717) is 16.5 Å². The average molecular weight is 232 g/mol. The minimum Gasteiger partial charge on any atom is -0.508 e. The van der Waals surface area contributed by atoms with E-state index in [2.05, 4.69) is 0 Å². The zero-order chi connectivity index (χ0) is 12.2. The van der Waals surface area contributed by atoms with E-state index in [-0.39, 0.29) is 11.5 Å². The molecule has 1 saturated heterocycles. The normalized spacial score (nSPS) is 21.6. The summed E-state index contributed by atoms with van der Waals surface area (Å²) in [6.45, 7) is 3.74. The first-order valence-electron chi connectivity index (χ1n) is 5.41. The molecule has 0 amide bonds. The van der Waals surface area contributed by atoms with Crippen molar-refractivity contribution in [2.45, 2.75) is 25.6 Å². The number of aromatic hydroxyl groups is 1. The summed E-state index contributed by atoms with van der Waals surface area (Å²) in [7, 11) is 0. The first-order chi connectivity index (χ1) is 7.99. The summed E-state index contributed by atoms with van der Waals surface area (Å²) < 4.78 is 10.6. The van der Waals surface area contributed by atoms with Gasteiger partial charge in [0.1, 0.15) is 23.7 Å². The summed E-state index contributed by atoms with van der Waals surface area (Å²) in [5.74, 6) is 0.0169. The van der Waals surface area contributed by atoms with Crippen LogP contribution in [0.1, 0.15) is 24.2 Å². The van der Waals surface area contributed by atoms with Gasteiger partial charge in [0.25, 0.3) is 0 Å². The number of carbonyl (C=O) groups is 1. The molecule has 0 bridgehead atoms. The number of carbonyl (C=O) groups excluding carboxylic acids is 1. The number of ether oxygens (including phenoxy) is 1. The quantitative estimate of drug-likeness (QED) is 0.638. The van der Waals surface area contributed by atoms with Gasteiger partial charge >= 0.3 is 0 Å². The van der Waals surface area contributed by atoms with Gasteiger partial charge in [-0.15, -0.1) is 0 Å². The number of epoxide rings is 1. The van der Waals surface area contributed by atoms with Crippen molar-refractivity contribution in [2.75, 3.05) is 0 Å². The van der Waals surface area contributed by atoms with Crippen molar-refractivity contribution in [2.24, 2.45) is 0 Å². The zero-order valence-electron chi connectivity index (χ0n) is 9.56. The van der Waals surface area contributed by atoms with E-state index in [9.17, 15) is 9.90 Å². The van der Waals surface area contributed by atoms with Crippen LogP contribution in [0.15, 0.2) is 28.9 Å². The number of Topliss-reactive ketones (excluding diaryl/α,β-unsaturated/α-hetero) is 1. The van der Waals surface area contributed by atoms with Gasteiger partial charge < -0.3 is 14.3 Å². The second kappa shape index (κ2) is 3.11. The van der Waals surface area contributed by atoms with Crippen molar-refractivity contribution in [1.82, 2.24) is 0 Å². The average Bonchev–Trinajstić information content (AvgIpc) is 2.72. The molecule has 1 aliphatic rings. The Balaban J connectivity index is 2.06. The largest absolute Gasteiger partial charge is 0.508 e. The number of fused-ring (bicyclic) bond motifs is 1. The lowest BCUT2D eigenvalue weighted by molar-refractivity contribution is 0.0954. The molecule has 1 fully saturated rings. The van der Waals surface area contributed by atoms with Gasteiger partial charge in [0.15, 0.2) is 5.78 Å². The smallest absolute Gasteiger partial charge is 0.198 e. The Morgan fingerprint density at radius 1 is 1.41 bits per heavy atom. The van der Waals surface area contributed by atoms with Crippen LogP contribution in [0.4, 0.5) is 0 Å². The van der Waals surface area contributed by atoms with Crippen LogP contribution in [0.5, 0.6) is 5.75 Å². The SMILES string of the molecule is CC1(C)O[C@@H]1C(=O)c1coc2ccc(O)cc12. The molecule has 4 nitrogen and oxygen atoms in total. The van der Waals surface area contributed by atoms with Crippen molar-refractivity contribution < 1.29 is 19.1 Å². The fourth-order valence-electron chi connectivity index (χ4n) is 1.99. The van der Waals surface area contributed by atoms with Crippen LogP contribution in [0.2, 0.25) is 0 Å². The van der Waals surface area contributed by atoms with E-state index in [1.54, 1.807) is 6.07 Å². The molecule has 1 N–H and O–H groups in total. The van der Waals surface area contributed by atoms with Gasteiger partial charge in [-0.25, -0.2) is 0 Å². The summed E-state index contributed by atoms with van der Waals surface area (Å²) in [6.07, 6.45) is 1.01. The summed E-state index contributed by atoms with van der Waals surface area (Å²) in [4.78, 5) is 12.1. The van der Waals surface area contributed by atoms with Crippen LogP contribution in [-0.2, 0) is 4.74 Å². The number of ketones is 1. The highest BCUT2D eigenvalue weighted by Crippen LogP contribution is 2.39. The minimum atomic E-state index is -0.411. The topological polar surface area (TPSA) is 63.0 Å². The molecule has 2 heterocycles. The second-order valence-electron chi connectivity index (χ2n) is 4.80. The molecule has 17 heavy (non-hydrogen) atoms. The maximum Gasteiger partial charge on any atom is 0.198 e. The molecule has 1 aromatic heterocycles. The van der Waals surface area contributed by atoms with Gasteiger partial charge in [0, 0.05) is 5.39 Å². The Morgan fingerprint density at radius 3 is 2.76 bits per heavy atom. The van der Waals surface area contributed by atoms with E-state index < -0.39 is 11.7 Å². The standard InChI is InChI=1S/C13H12O4/c1-13(2)12(17-13)11(15)9-6-16-10-4-3-7(14)5-8(9)10/h3-6,12,14H,1-2H3/t12-/m1/s1. The first-order valence-corrected chi connectivity index (χ1v) is 5.41. The maximum absolute atomic E-state index is 12.1. The molecule has 1 aliphatic heterocycles. The van der Waals surface area contributed by atoms with Crippen molar-refractivity contribution >= 4 is 16.8 Å². The van der Waals surface area contributed by atoms with Crippen LogP contribution >= 0.6 is 0 Å². The van der Waals surface area contributed by atoms with Crippen LogP contribution in [0, 0.1) is 0 Å². The molecule has 4 heteroatoms. The number of furan rings is 1. The predicted molar refractivity (Wildman–Crippen MR) is 61.2 cm³/mol. The number of benzene rings is 1. The molecule has 0 saturated carbocycles. The van der Waals surface area contributed by atoms with E-state index >= 15 is 0 Å². The molecular weight excluding hydrogens is 220 g/mol. The van der Waals surface area contributed by atoms with E-state index in [1.165, 1.54) is 18.4 Å². The van der Waals surface area contributed by atoms with Gasteiger partial charge in [-0.2, -0.15) is 0 Å². The molecule has 0 spiro atoms. The fourth-order valence-corrected chi connectivity index (χ4v) is 1.99. The summed E-state index contributed by atoms with van der Waals surface area (Å²) in [5.41, 5.74) is 0.661. The van der Waals surface area contributed by atoms with Crippen LogP contribution in [0.25, 0.3) is 11.0 Å². The van der Waals surface area contributed by atoms with Crippen molar-refractivity contribution in [3.8, 4) is 5.75 Å². The highest BCUT2D eigenvalue weighted by atomic mass is 16.6. The van der Waals surface area contributed by atoms with Gasteiger partial charge in [0.05, 0.1) is 11.2 Å². The Hall–Kier alpha value is -1.81. The number of phenolic OH excluding ortho intramolecular Hbond substituents is 1. The Morgan fingerprint density at radius 2 is 2.12 bits per heavy atom. The molecule has 3 rings (SSSR count). The third-order valence-corrected chi connectivity index (χ3v) is 3.06. The summed E-state index contributed by atoms with van der Waals surface area (Å²) in [5, 5.41) is 10.1. The fraction of sp³-hybridized carbons (Fsp3) is 0.308. The van der Waals surface area contributed by atoms with Crippen molar-refractivity contribution in [1.29, 1.82) is 0 Å². The van der Waals surface area contributed by atoms with Gasteiger partial charge in [-0.3, -0.25) is 4.79 Å². The highest BCUT2D eigenvalue weighted by molar-refractivity contribution is 6.11. The number of phenols is 1. The molecular formula is C13H12O4. The zero-order valence-corrected chi connectivity index (χ0v) is 9.56. The number of rotatable bonds is 2. The Kier molecular flexibility index (Phi) is 1.89. The van der Waals surface area contributed by atoms with E-state index in [0.717, 1.165) is 0 Å². The molecule has 88 valence electrons. The molecule has 0 radical (unpaired) electrons. The molecule has 0 aliphatic carbocycles. The number of hydrogen-bond acceptors (Lipinski definition) is 4. The third-order valence-electron chi connectivity index (χ3n) is 3.06. The van der Waals surface area contributed by atoms with Crippen molar-refractivity contribution in [3.63, 3.8) is 0 Å². The van der Waals surface area contributed by atoms with Gasteiger partial charge in [0.2, 0.25) is 0 Å². The summed E-state index contributed by atoms with van der Waals surface area (Å²) in [6, 6.07) is 4.69. The van der Waals surface area contributed by atoms with Gasteiger partial charge in [-0.05, 0) is 32.0 Å². The van der Waals surface area contributed by atoms with Gasteiger partial charge in [-0.1, -0.05) is 0 Å². The lowest BCUT2D eigenvalue weighted by Gasteiger charge is -1.96. The monoisotopic (exact) mass is 232 g/mol. The maximum atomic E-state index is 12.1. The lowest BCUT2D eigenvalue weighted by atomic mass is 10.0. The predicted octanol–water partition coefficient (Wildman–Crippen LogP) is 2.50. The second-order valence-corrected chi connectivity index (χ2v) is 4.80.